The average Bonchev–Trinajstić information content (AvgIpc) is 3.31. The van der Waals surface area contributed by atoms with Gasteiger partial charge in [0.1, 0.15) is 5.25 Å². The van der Waals surface area contributed by atoms with Crippen LogP contribution in [0, 0.1) is 5.92 Å². The van der Waals surface area contributed by atoms with Crippen molar-refractivity contribution in [3.63, 3.8) is 0 Å². The van der Waals surface area contributed by atoms with Gasteiger partial charge in [-0.05, 0) is 31.4 Å². The van der Waals surface area contributed by atoms with Crippen molar-refractivity contribution in [2.45, 2.75) is 50.1 Å². The van der Waals surface area contributed by atoms with E-state index in [2.05, 4.69) is 4.98 Å². The SMILES string of the molecule is O=C(C1CCCC1)N1CC(S(=O)(=O)N2CC[C@H](OCc3ccccn3)C2)C1. The molecule has 0 bridgehead atoms. The minimum atomic E-state index is -3.36. The van der Waals surface area contributed by atoms with Gasteiger partial charge in [-0.25, -0.2) is 8.42 Å². The van der Waals surface area contributed by atoms with E-state index in [1.165, 1.54) is 4.31 Å². The van der Waals surface area contributed by atoms with Crippen molar-refractivity contribution in [3.8, 4) is 0 Å². The maximum absolute atomic E-state index is 12.8. The summed E-state index contributed by atoms with van der Waals surface area (Å²) < 4.78 is 33.1. The molecule has 1 saturated carbocycles. The Balaban J connectivity index is 1.25. The van der Waals surface area contributed by atoms with Gasteiger partial charge in [-0.15, -0.1) is 0 Å². The summed E-state index contributed by atoms with van der Waals surface area (Å²) in [5.74, 6) is 0.266. The number of ether oxygens (including phenoxy) is 1. The highest BCUT2D eigenvalue weighted by atomic mass is 32.2. The Labute approximate surface area is 160 Å². The Kier molecular flexibility index (Phi) is 5.48. The van der Waals surface area contributed by atoms with E-state index in [1.807, 2.05) is 18.2 Å². The van der Waals surface area contributed by atoms with E-state index < -0.39 is 15.3 Å². The number of amides is 1. The van der Waals surface area contributed by atoms with E-state index in [0.29, 0.717) is 39.2 Å². The zero-order chi connectivity index (χ0) is 18.9. The van der Waals surface area contributed by atoms with Gasteiger partial charge in [0.25, 0.3) is 0 Å². The average molecular weight is 394 g/mol. The number of rotatable bonds is 6. The second-order valence-corrected chi connectivity index (χ2v) is 10.0. The fraction of sp³-hybridized carbons (Fsp3) is 0.684. The van der Waals surface area contributed by atoms with Crippen molar-refractivity contribution in [1.82, 2.24) is 14.2 Å². The normalized spacial score (nSPS) is 25.0. The van der Waals surface area contributed by atoms with Crippen LogP contribution in [0.5, 0.6) is 0 Å². The third-order valence-corrected chi connectivity index (χ3v) is 8.14. The second kappa shape index (κ2) is 7.85. The van der Waals surface area contributed by atoms with Crippen LogP contribution in [0.3, 0.4) is 0 Å². The molecule has 0 radical (unpaired) electrons. The van der Waals surface area contributed by atoms with E-state index in [-0.39, 0.29) is 17.9 Å². The predicted octanol–water partition coefficient (Wildman–Crippen LogP) is 1.40. The molecule has 1 aromatic rings. The zero-order valence-corrected chi connectivity index (χ0v) is 16.3. The summed E-state index contributed by atoms with van der Waals surface area (Å²) in [6.07, 6.45) is 6.45. The number of carbonyl (C=O) groups excluding carboxylic acids is 1. The van der Waals surface area contributed by atoms with Gasteiger partial charge in [-0.2, -0.15) is 4.31 Å². The van der Waals surface area contributed by atoms with E-state index in [0.717, 1.165) is 31.4 Å². The molecule has 1 aromatic heterocycles. The third-order valence-electron chi connectivity index (χ3n) is 5.95. The first kappa shape index (κ1) is 18.8. The van der Waals surface area contributed by atoms with Gasteiger partial charge in [0.05, 0.1) is 18.4 Å². The summed E-state index contributed by atoms with van der Waals surface area (Å²) in [4.78, 5) is 18.3. The first-order chi connectivity index (χ1) is 13.0. The predicted molar refractivity (Wildman–Crippen MR) is 100 cm³/mol. The topological polar surface area (TPSA) is 79.8 Å². The van der Waals surface area contributed by atoms with Crippen LogP contribution >= 0.6 is 0 Å². The number of pyridine rings is 1. The fourth-order valence-electron chi connectivity index (χ4n) is 4.20. The van der Waals surface area contributed by atoms with Gasteiger partial charge in [0.15, 0.2) is 0 Å². The molecule has 1 amide bonds. The number of hydrogen-bond donors (Lipinski definition) is 0. The van der Waals surface area contributed by atoms with Crippen molar-refractivity contribution in [3.05, 3.63) is 30.1 Å². The van der Waals surface area contributed by atoms with Crippen LogP contribution in [-0.4, -0.2) is 66.0 Å². The highest BCUT2D eigenvalue weighted by molar-refractivity contribution is 7.89. The first-order valence-corrected chi connectivity index (χ1v) is 11.3. The number of nitrogens with zero attached hydrogens (tertiary/aromatic N) is 3. The molecule has 3 fully saturated rings. The largest absolute Gasteiger partial charge is 0.371 e. The van der Waals surface area contributed by atoms with Crippen LogP contribution in [0.4, 0.5) is 0 Å². The highest BCUT2D eigenvalue weighted by Gasteiger charge is 2.46. The Hall–Kier alpha value is -1.51. The summed E-state index contributed by atoms with van der Waals surface area (Å²) in [7, 11) is -3.36. The van der Waals surface area contributed by atoms with Gasteiger partial charge in [0, 0.05) is 38.3 Å². The molecule has 2 aliphatic heterocycles. The molecule has 8 heteroatoms. The smallest absolute Gasteiger partial charge is 0.225 e. The fourth-order valence-corrected chi connectivity index (χ4v) is 6.09. The molecule has 0 aromatic carbocycles. The van der Waals surface area contributed by atoms with Crippen molar-refractivity contribution >= 4 is 15.9 Å². The number of hydrogen-bond acceptors (Lipinski definition) is 5. The molecular formula is C19H27N3O4S. The third kappa shape index (κ3) is 4.02. The molecule has 148 valence electrons. The van der Waals surface area contributed by atoms with Gasteiger partial charge < -0.3 is 9.64 Å². The molecule has 2 saturated heterocycles. The molecular weight excluding hydrogens is 366 g/mol. The van der Waals surface area contributed by atoms with E-state index in [1.54, 1.807) is 11.1 Å². The Bertz CT molecular complexity index is 758. The Morgan fingerprint density at radius 1 is 1.15 bits per heavy atom. The van der Waals surface area contributed by atoms with Crippen molar-refractivity contribution in [2.75, 3.05) is 26.2 Å². The number of sulfonamides is 1. The monoisotopic (exact) mass is 393 g/mol. The summed E-state index contributed by atoms with van der Waals surface area (Å²) in [5, 5.41) is -0.461. The summed E-state index contributed by atoms with van der Waals surface area (Å²) in [6.45, 7) is 1.96. The minimum absolute atomic E-state index is 0.0990. The quantitative estimate of drug-likeness (QED) is 0.730. The van der Waals surface area contributed by atoms with Crippen LogP contribution in [0.1, 0.15) is 37.8 Å². The molecule has 27 heavy (non-hydrogen) atoms. The van der Waals surface area contributed by atoms with Crippen LogP contribution in [0.2, 0.25) is 0 Å². The maximum Gasteiger partial charge on any atom is 0.225 e. The summed E-state index contributed by atoms with van der Waals surface area (Å²) in [6, 6.07) is 5.66. The number of likely N-dealkylation sites (tertiary alicyclic amines) is 1. The number of carbonyl (C=O) groups is 1. The minimum Gasteiger partial charge on any atom is -0.371 e. The summed E-state index contributed by atoms with van der Waals surface area (Å²) >= 11 is 0. The van der Waals surface area contributed by atoms with Crippen molar-refractivity contribution in [2.24, 2.45) is 5.92 Å². The van der Waals surface area contributed by atoms with Crippen LogP contribution in [0.15, 0.2) is 24.4 Å². The molecule has 7 nitrogen and oxygen atoms in total. The van der Waals surface area contributed by atoms with Crippen LogP contribution < -0.4 is 0 Å². The van der Waals surface area contributed by atoms with Gasteiger partial charge in [0.2, 0.25) is 15.9 Å². The lowest BCUT2D eigenvalue weighted by atomic mass is 10.0. The molecule has 4 rings (SSSR count). The van der Waals surface area contributed by atoms with Crippen LogP contribution in [0.25, 0.3) is 0 Å². The Morgan fingerprint density at radius 2 is 1.93 bits per heavy atom. The van der Waals surface area contributed by atoms with Crippen molar-refractivity contribution in [1.29, 1.82) is 0 Å². The van der Waals surface area contributed by atoms with Crippen LogP contribution in [-0.2, 0) is 26.2 Å². The van der Waals surface area contributed by atoms with Gasteiger partial charge in [-0.3, -0.25) is 9.78 Å². The Morgan fingerprint density at radius 3 is 2.63 bits per heavy atom. The number of aromatic nitrogens is 1. The molecule has 0 spiro atoms. The lowest BCUT2D eigenvalue weighted by Crippen LogP contribution is -2.60. The van der Waals surface area contributed by atoms with E-state index >= 15 is 0 Å². The van der Waals surface area contributed by atoms with Gasteiger partial charge >= 0.3 is 0 Å². The lowest BCUT2D eigenvalue weighted by molar-refractivity contribution is -0.138. The molecule has 1 aliphatic carbocycles. The van der Waals surface area contributed by atoms with E-state index in [4.69, 9.17) is 4.74 Å². The second-order valence-electron chi connectivity index (χ2n) is 7.79. The molecule has 0 N–H and O–H groups in total. The standard InChI is InChI=1S/C19H27N3O4S/c23-19(15-5-1-2-6-15)21-12-18(13-21)27(24,25)22-10-8-17(11-22)26-14-16-7-3-4-9-20-16/h3-4,7,9,15,17-18H,1-2,5-6,8,10-14H2/t17-/m0/s1. The highest BCUT2D eigenvalue weighted by Crippen LogP contribution is 2.31. The molecule has 3 aliphatic rings. The van der Waals surface area contributed by atoms with E-state index in [9.17, 15) is 13.2 Å². The summed E-state index contributed by atoms with van der Waals surface area (Å²) in [5.41, 5.74) is 0.846. The lowest BCUT2D eigenvalue weighted by Gasteiger charge is -2.41. The van der Waals surface area contributed by atoms with Gasteiger partial charge in [-0.1, -0.05) is 18.9 Å². The maximum atomic E-state index is 12.8. The molecule has 3 heterocycles. The molecule has 1 atom stereocenters. The zero-order valence-electron chi connectivity index (χ0n) is 15.5. The van der Waals surface area contributed by atoms with Crippen molar-refractivity contribution < 1.29 is 17.9 Å². The first-order valence-electron chi connectivity index (χ1n) is 9.83. The molecule has 0 unspecified atom stereocenters.